The Hall–Kier alpha value is -5.78. The van der Waals surface area contributed by atoms with Gasteiger partial charge in [-0.1, -0.05) is 45.4 Å². The van der Waals surface area contributed by atoms with Crippen LogP contribution in [0.3, 0.4) is 0 Å². The maximum Gasteiger partial charge on any atom is 0.305 e. The van der Waals surface area contributed by atoms with E-state index in [9.17, 15) is 63.6 Å². The highest BCUT2D eigenvalue weighted by Gasteiger charge is 2.45. The van der Waals surface area contributed by atoms with Crippen molar-refractivity contribution in [1.29, 1.82) is 0 Å². The smallest absolute Gasteiger partial charge is 0.305 e. The zero-order valence-corrected chi connectivity index (χ0v) is 35.1. The lowest BCUT2D eigenvalue weighted by Gasteiger charge is -2.32. The Kier molecular flexibility index (Phi) is 15.9. The minimum Gasteiger partial charge on any atom is -0.481 e. The van der Waals surface area contributed by atoms with Crippen molar-refractivity contribution >= 4 is 75.9 Å². The number of rotatable bonds is 7. The van der Waals surface area contributed by atoms with Gasteiger partial charge in [-0.15, -0.1) is 11.8 Å². The quantitative estimate of drug-likeness (QED) is 0.126. The summed E-state index contributed by atoms with van der Waals surface area (Å²) < 4.78 is 0. The molecule has 10 atom stereocenters. The molecule has 2 aromatic rings. The summed E-state index contributed by atoms with van der Waals surface area (Å²) in [6, 6.07) is -2.39. The molecule has 0 spiro atoms. The molecule has 1 saturated heterocycles. The second-order valence-corrected chi connectivity index (χ2v) is 16.7. The van der Waals surface area contributed by atoms with Crippen molar-refractivity contribution in [1.82, 2.24) is 47.1 Å². The summed E-state index contributed by atoms with van der Waals surface area (Å²) in [5, 5.41) is 59.5. The maximum absolute atomic E-state index is 14.4. The summed E-state index contributed by atoms with van der Waals surface area (Å²) in [6.45, 7) is 2.12. The fourth-order valence-electron chi connectivity index (χ4n) is 7.49. The molecular weight excluding hydrogens is 835 g/mol. The van der Waals surface area contributed by atoms with Gasteiger partial charge in [-0.25, -0.2) is 0 Å². The number of nitrogens with zero attached hydrogens (tertiary/aromatic N) is 1. The number of aromatic nitrogens is 1. The average molecular weight is 888 g/mol. The standard InChI is InChI=1S/C39H53N9O13S/c1-4-17(2)31-36(59)41-12-28(52)42-25-16-62-38-21(20-7-5-6-8-22(20)45-38)10-23(33(56)40-13-29(53)46-31)43-37(60)32(18(3)27(51)15-49)47-35(58)26-9-19(50)14-48(26)39(61)24(11-30(54)55)44-34(25)57/h5-8,17-19,23-27,31-32,45,49-51H,4,9-16H2,1-3H3,(H,40,56)(H,41,59)(H,42,52)(H,43,60)(H,44,57)(H,46,53)(H,47,58)(H,54,55)/t17-,18-,19?,23?,24-,25?,26?,27-,31-,32-/m0/s1. The number of aromatic amines is 1. The predicted octanol–water partition coefficient (Wildman–Crippen LogP) is -4.04. The summed E-state index contributed by atoms with van der Waals surface area (Å²) >= 11 is 1.00. The van der Waals surface area contributed by atoms with Gasteiger partial charge in [-0.3, -0.25) is 43.2 Å². The number of carbonyl (C=O) groups excluding carboxylic acids is 8. The molecule has 4 heterocycles. The predicted molar refractivity (Wildman–Crippen MR) is 218 cm³/mol. The Morgan fingerprint density at radius 1 is 0.839 bits per heavy atom. The monoisotopic (exact) mass is 887 g/mol. The summed E-state index contributed by atoms with van der Waals surface area (Å²) in [4.78, 5) is 127. The molecule has 1 fully saturated rings. The van der Waals surface area contributed by atoms with E-state index in [4.69, 9.17) is 0 Å². The van der Waals surface area contributed by atoms with E-state index < -0.39 is 146 Å². The molecule has 338 valence electrons. The molecule has 3 aliphatic rings. The molecule has 62 heavy (non-hydrogen) atoms. The highest BCUT2D eigenvalue weighted by Crippen LogP contribution is 2.32. The SMILES string of the molecule is CC[C@H](C)[C@@H]1NC(=O)CNC(=O)C2Cc3c([nH]c4ccccc34)SCC(NC(=O)CNC1=O)C(=O)N[C@@H](CC(=O)O)C(=O)N1CC(O)CC1C(=O)N[C@@H]([C@@H](C)[C@@H](O)CO)C(=O)N2. The van der Waals surface area contributed by atoms with Gasteiger partial charge in [-0.05, 0) is 17.5 Å². The van der Waals surface area contributed by atoms with Crippen molar-refractivity contribution < 1.29 is 63.6 Å². The number of aliphatic hydroxyl groups is 3. The van der Waals surface area contributed by atoms with Gasteiger partial charge in [0.05, 0.1) is 43.4 Å². The molecular formula is C39H53N9O13S. The lowest BCUT2D eigenvalue weighted by molar-refractivity contribution is -0.146. The van der Waals surface area contributed by atoms with Crippen LogP contribution in [0.25, 0.3) is 10.9 Å². The van der Waals surface area contributed by atoms with Crippen LogP contribution in [0.2, 0.25) is 0 Å². The van der Waals surface area contributed by atoms with Gasteiger partial charge in [0, 0.05) is 42.0 Å². The van der Waals surface area contributed by atoms with Gasteiger partial charge >= 0.3 is 5.97 Å². The Morgan fingerprint density at radius 3 is 2.19 bits per heavy atom. The van der Waals surface area contributed by atoms with Crippen LogP contribution >= 0.6 is 11.8 Å². The largest absolute Gasteiger partial charge is 0.481 e. The third-order valence-electron chi connectivity index (χ3n) is 11.3. The molecule has 0 saturated carbocycles. The van der Waals surface area contributed by atoms with Crippen molar-refractivity contribution in [2.24, 2.45) is 11.8 Å². The lowest BCUT2D eigenvalue weighted by atomic mass is 9.93. The van der Waals surface area contributed by atoms with Gasteiger partial charge in [-0.2, -0.15) is 0 Å². The number of fused-ring (bicyclic) bond motifs is 5. The van der Waals surface area contributed by atoms with Crippen LogP contribution in [0.4, 0.5) is 0 Å². The number of hydrogen-bond donors (Lipinski definition) is 12. The molecule has 1 aromatic heterocycles. The lowest BCUT2D eigenvalue weighted by Crippen LogP contribution is -2.62. The number of carboxylic acids is 1. The molecule has 1 aromatic carbocycles. The van der Waals surface area contributed by atoms with E-state index in [1.54, 1.807) is 38.1 Å². The van der Waals surface area contributed by atoms with Crippen molar-refractivity contribution in [3.63, 3.8) is 0 Å². The van der Waals surface area contributed by atoms with E-state index in [0.29, 0.717) is 27.9 Å². The van der Waals surface area contributed by atoms with E-state index in [0.717, 1.165) is 16.7 Å². The number of benzene rings is 1. The number of nitrogens with one attached hydrogen (secondary N) is 8. The van der Waals surface area contributed by atoms with Crippen LogP contribution in [0.5, 0.6) is 0 Å². The average Bonchev–Trinajstić information content (AvgIpc) is 3.81. The molecule has 8 amide bonds. The Balaban J connectivity index is 1.69. The highest BCUT2D eigenvalue weighted by atomic mass is 32.2. The van der Waals surface area contributed by atoms with E-state index in [1.807, 2.05) is 0 Å². The number of hydrogen-bond acceptors (Lipinski definition) is 13. The molecule has 23 heteroatoms. The number of amides is 8. The van der Waals surface area contributed by atoms with Gasteiger partial charge < -0.3 is 67.5 Å². The molecule has 22 nitrogen and oxygen atoms in total. The van der Waals surface area contributed by atoms with Crippen LogP contribution in [-0.4, -0.2) is 164 Å². The summed E-state index contributed by atoms with van der Waals surface area (Å²) in [5.74, 6) is -11.0. The topological polar surface area (TPSA) is 338 Å². The van der Waals surface area contributed by atoms with Crippen molar-refractivity contribution in [3.8, 4) is 0 Å². The molecule has 2 bridgehead atoms. The van der Waals surface area contributed by atoms with Crippen molar-refractivity contribution in [3.05, 3.63) is 29.8 Å². The fraction of sp³-hybridized carbons (Fsp3) is 0.564. The minimum absolute atomic E-state index is 0.276. The minimum atomic E-state index is -1.84. The number of aliphatic hydroxyl groups excluding tert-OH is 3. The van der Waals surface area contributed by atoms with Gasteiger partial charge in [0.1, 0.15) is 36.3 Å². The zero-order valence-electron chi connectivity index (χ0n) is 34.3. The highest BCUT2D eigenvalue weighted by molar-refractivity contribution is 7.99. The Bertz CT molecular complexity index is 2070. The first kappa shape index (κ1) is 47.3. The van der Waals surface area contributed by atoms with Crippen LogP contribution in [0.1, 0.15) is 45.6 Å². The zero-order chi connectivity index (χ0) is 45.4. The third-order valence-corrected chi connectivity index (χ3v) is 12.4. The first-order chi connectivity index (χ1) is 29.4. The number of aliphatic carboxylic acids is 1. The molecule has 3 aliphatic heterocycles. The Labute approximate surface area is 359 Å². The van der Waals surface area contributed by atoms with Gasteiger partial charge in [0.25, 0.3) is 0 Å². The molecule has 0 radical (unpaired) electrons. The molecule has 5 rings (SSSR count). The maximum atomic E-state index is 14.4. The van der Waals surface area contributed by atoms with Crippen LogP contribution in [0, 0.1) is 11.8 Å². The van der Waals surface area contributed by atoms with Crippen LogP contribution < -0.4 is 37.2 Å². The molecule has 4 unspecified atom stereocenters. The summed E-state index contributed by atoms with van der Waals surface area (Å²) in [7, 11) is 0. The normalized spacial score (nSPS) is 27.8. The third kappa shape index (κ3) is 11.4. The summed E-state index contributed by atoms with van der Waals surface area (Å²) in [6.07, 6.45) is -4.15. The first-order valence-electron chi connectivity index (χ1n) is 20.2. The molecule has 0 aliphatic carbocycles. The number of H-pyrrole nitrogens is 1. The second-order valence-electron chi connectivity index (χ2n) is 15.7. The van der Waals surface area contributed by atoms with E-state index >= 15 is 0 Å². The Morgan fingerprint density at radius 2 is 1.52 bits per heavy atom. The number of thioether (sulfide) groups is 1. The van der Waals surface area contributed by atoms with E-state index in [1.165, 1.54) is 6.92 Å². The van der Waals surface area contributed by atoms with Crippen LogP contribution in [0.15, 0.2) is 29.3 Å². The second kappa shape index (κ2) is 20.9. The number of carbonyl (C=O) groups is 9. The molecule has 12 N–H and O–H groups in total. The number of carboxylic acid groups (broad SMARTS) is 1. The fourth-order valence-corrected chi connectivity index (χ4v) is 8.61. The van der Waals surface area contributed by atoms with Crippen molar-refractivity contribution in [2.75, 3.05) is 32.0 Å². The van der Waals surface area contributed by atoms with E-state index in [-0.39, 0.29) is 18.6 Å². The summed E-state index contributed by atoms with van der Waals surface area (Å²) in [5.41, 5.74) is 1.00. The number of para-hydroxylation sites is 1. The van der Waals surface area contributed by atoms with Crippen LogP contribution in [-0.2, 0) is 49.6 Å². The van der Waals surface area contributed by atoms with Gasteiger partial charge in [0.15, 0.2) is 0 Å². The van der Waals surface area contributed by atoms with E-state index in [2.05, 4.69) is 42.2 Å². The first-order valence-corrected chi connectivity index (χ1v) is 21.2. The van der Waals surface area contributed by atoms with Crippen molar-refractivity contribution in [2.45, 2.75) is 99.9 Å². The van der Waals surface area contributed by atoms with Gasteiger partial charge in [0.2, 0.25) is 47.3 Å².